The van der Waals surface area contributed by atoms with Crippen molar-refractivity contribution in [3.05, 3.63) is 71.7 Å². The topological polar surface area (TPSA) is 89.9 Å². The fourth-order valence-corrected chi connectivity index (χ4v) is 3.30. The van der Waals surface area contributed by atoms with Crippen LogP contribution in [0.3, 0.4) is 0 Å². The van der Waals surface area contributed by atoms with Crippen molar-refractivity contribution in [2.24, 2.45) is 0 Å². The molecule has 1 amide bonds. The van der Waals surface area contributed by atoms with Gasteiger partial charge >= 0.3 is 0 Å². The number of amides is 1. The highest BCUT2D eigenvalue weighted by Gasteiger charge is 2.18. The van der Waals surface area contributed by atoms with Gasteiger partial charge in [-0.1, -0.05) is 6.07 Å². The van der Waals surface area contributed by atoms with Crippen molar-refractivity contribution in [3.8, 4) is 28.5 Å². The molecule has 3 aromatic heterocycles. The Kier molecular flexibility index (Phi) is 5.21. The lowest BCUT2D eigenvalue weighted by atomic mass is 10.1. The number of anilines is 1. The third kappa shape index (κ3) is 4.09. The molecule has 1 aromatic carbocycles. The summed E-state index contributed by atoms with van der Waals surface area (Å²) >= 11 is 1.26. The average Bonchev–Trinajstić information content (AvgIpc) is 3.23. The summed E-state index contributed by atoms with van der Waals surface area (Å²) < 4.78 is 18.3. The molecule has 0 saturated heterocycles. The zero-order valence-corrected chi connectivity index (χ0v) is 16.0. The summed E-state index contributed by atoms with van der Waals surface area (Å²) in [5, 5.41) is 4.91. The van der Waals surface area contributed by atoms with Gasteiger partial charge < -0.3 is 4.74 Å². The van der Waals surface area contributed by atoms with E-state index < -0.39 is 5.91 Å². The molecule has 4 rings (SSSR count). The Balaban J connectivity index is 1.58. The number of carbonyl (C=O) groups is 1. The molecule has 0 saturated carbocycles. The predicted molar refractivity (Wildman–Crippen MR) is 107 cm³/mol. The van der Waals surface area contributed by atoms with Gasteiger partial charge in [-0.3, -0.25) is 15.1 Å². The maximum absolute atomic E-state index is 13.2. The third-order valence-corrected chi connectivity index (χ3v) is 4.71. The Labute approximate surface area is 169 Å². The Bertz CT molecular complexity index is 1160. The van der Waals surface area contributed by atoms with Crippen molar-refractivity contribution in [2.45, 2.75) is 0 Å². The molecule has 4 aromatic rings. The maximum atomic E-state index is 13.2. The van der Waals surface area contributed by atoms with Gasteiger partial charge in [0, 0.05) is 29.4 Å². The Morgan fingerprint density at radius 3 is 2.62 bits per heavy atom. The van der Waals surface area contributed by atoms with E-state index in [0.29, 0.717) is 33.7 Å². The molecule has 9 heteroatoms. The second-order valence-electron chi connectivity index (χ2n) is 5.82. The number of nitrogens with zero attached hydrogens (tertiary/aromatic N) is 4. The van der Waals surface area contributed by atoms with Crippen LogP contribution < -0.4 is 10.1 Å². The molecule has 1 N–H and O–H groups in total. The molecule has 0 spiro atoms. The highest BCUT2D eigenvalue weighted by atomic mass is 32.1. The number of ether oxygens (including phenoxy) is 1. The lowest BCUT2D eigenvalue weighted by Crippen LogP contribution is -2.15. The number of hydrogen-bond acceptors (Lipinski definition) is 7. The maximum Gasteiger partial charge on any atom is 0.278 e. The van der Waals surface area contributed by atoms with Crippen molar-refractivity contribution < 1.29 is 13.9 Å². The van der Waals surface area contributed by atoms with Crippen LogP contribution >= 0.6 is 11.3 Å². The molecule has 3 heterocycles. The van der Waals surface area contributed by atoms with Crippen molar-refractivity contribution >= 4 is 22.4 Å². The second kappa shape index (κ2) is 8.11. The van der Waals surface area contributed by atoms with E-state index in [9.17, 15) is 9.18 Å². The first-order valence-corrected chi connectivity index (χ1v) is 9.37. The summed E-state index contributed by atoms with van der Waals surface area (Å²) in [5.41, 5.74) is 2.31. The van der Waals surface area contributed by atoms with Crippen molar-refractivity contribution in [2.75, 3.05) is 12.4 Å². The van der Waals surface area contributed by atoms with Crippen molar-refractivity contribution in [1.29, 1.82) is 0 Å². The fourth-order valence-electron chi connectivity index (χ4n) is 2.60. The van der Waals surface area contributed by atoms with Gasteiger partial charge in [0.2, 0.25) is 5.88 Å². The van der Waals surface area contributed by atoms with Crippen molar-refractivity contribution in [3.63, 3.8) is 0 Å². The molecule has 7 nitrogen and oxygen atoms in total. The van der Waals surface area contributed by atoms with Gasteiger partial charge in [-0.05, 0) is 30.3 Å². The molecule has 0 fully saturated rings. The van der Waals surface area contributed by atoms with Crippen LogP contribution in [0.5, 0.6) is 5.88 Å². The van der Waals surface area contributed by atoms with Gasteiger partial charge in [0.15, 0.2) is 10.8 Å². The molecule has 0 radical (unpaired) electrons. The number of hydrogen-bond donors (Lipinski definition) is 1. The van der Waals surface area contributed by atoms with E-state index in [0.717, 1.165) is 0 Å². The zero-order chi connectivity index (χ0) is 20.2. The van der Waals surface area contributed by atoms with Gasteiger partial charge in [0.25, 0.3) is 5.91 Å². The van der Waals surface area contributed by atoms with Crippen LogP contribution in [0.4, 0.5) is 9.52 Å². The molecule has 0 unspecified atom stereocenters. The minimum absolute atomic E-state index is 0.121. The predicted octanol–water partition coefficient (Wildman–Crippen LogP) is 4.06. The molecule has 29 heavy (non-hydrogen) atoms. The Hall–Kier alpha value is -3.72. The van der Waals surface area contributed by atoms with Gasteiger partial charge in [-0.2, -0.15) is 0 Å². The van der Waals surface area contributed by atoms with Crippen LogP contribution in [-0.4, -0.2) is 33.0 Å². The van der Waals surface area contributed by atoms with E-state index in [-0.39, 0.29) is 11.5 Å². The first-order valence-electron chi connectivity index (χ1n) is 8.49. The minimum Gasteiger partial charge on any atom is -0.481 e. The number of pyridine rings is 1. The van der Waals surface area contributed by atoms with Gasteiger partial charge in [0.05, 0.1) is 12.8 Å². The van der Waals surface area contributed by atoms with Crippen molar-refractivity contribution in [1.82, 2.24) is 19.9 Å². The van der Waals surface area contributed by atoms with E-state index in [1.807, 2.05) is 6.07 Å². The largest absolute Gasteiger partial charge is 0.481 e. The number of rotatable bonds is 5. The van der Waals surface area contributed by atoms with Crippen LogP contribution in [0.15, 0.2) is 60.2 Å². The number of benzene rings is 1. The Morgan fingerprint density at radius 1 is 1.03 bits per heavy atom. The first-order chi connectivity index (χ1) is 14.1. The minimum atomic E-state index is -0.461. The number of halogens is 1. The highest BCUT2D eigenvalue weighted by Crippen LogP contribution is 2.26. The summed E-state index contributed by atoms with van der Waals surface area (Å²) in [5.74, 6) is -0.355. The first kappa shape index (κ1) is 18.6. The summed E-state index contributed by atoms with van der Waals surface area (Å²) in [7, 11) is 1.54. The summed E-state index contributed by atoms with van der Waals surface area (Å²) in [6, 6.07) is 11.1. The molecule has 0 aliphatic heterocycles. The molecule has 144 valence electrons. The van der Waals surface area contributed by atoms with E-state index >= 15 is 0 Å². The van der Waals surface area contributed by atoms with Crippen LogP contribution in [-0.2, 0) is 0 Å². The summed E-state index contributed by atoms with van der Waals surface area (Å²) in [6.45, 7) is 0. The number of nitrogens with one attached hydrogen (secondary N) is 1. The molecule has 0 bridgehead atoms. The average molecular weight is 407 g/mol. The fraction of sp³-hybridized carbons (Fsp3) is 0.0500. The molecular weight excluding hydrogens is 393 g/mol. The van der Waals surface area contributed by atoms with Gasteiger partial charge in [-0.15, -0.1) is 11.3 Å². The van der Waals surface area contributed by atoms with E-state index in [1.54, 1.807) is 36.8 Å². The van der Waals surface area contributed by atoms with Gasteiger partial charge in [0.1, 0.15) is 17.2 Å². The zero-order valence-electron chi connectivity index (χ0n) is 15.2. The lowest BCUT2D eigenvalue weighted by molar-refractivity contribution is 0.102. The normalized spacial score (nSPS) is 10.6. The monoisotopic (exact) mass is 407 g/mol. The van der Waals surface area contributed by atoms with Crippen LogP contribution in [0.1, 0.15) is 10.5 Å². The van der Waals surface area contributed by atoms with E-state index in [4.69, 9.17) is 4.74 Å². The van der Waals surface area contributed by atoms with Gasteiger partial charge in [-0.25, -0.2) is 19.3 Å². The van der Waals surface area contributed by atoms with E-state index in [2.05, 4.69) is 25.3 Å². The molecular formula is C20H14FN5O2S. The molecule has 0 aliphatic rings. The number of thiazole rings is 1. The highest BCUT2D eigenvalue weighted by molar-refractivity contribution is 7.14. The Morgan fingerprint density at radius 2 is 1.83 bits per heavy atom. The lowest BCUT2D eigenvalue weighted by Gasteiger charge is -2.07. The number of methoxy groups -OCH3 is 1. The molecule has 0 aliphatic carbocycles. The van der Waals surface area contributed by atoms with Crippen LogP contribution in [0, 0.1) is 5.82 Å². The van der Waals surface area contributed by atoms with Crippen LogP contribution in [0.25, 0.3) is 22.6 Å². The smallest absolute Gasteiger partial charge is 0.278 e. The van der Waals surface area contributed by atoms with E-state index in [1.165, 1.54) is 35.9 Å². The second-order valence-corrected chi connectivity index (χ2v) is 6.68. The summed E-state index contributed by atoms with van der Waals surface area (Å²) in [6.07, 6.45) is 2.90. The SMILES string of the molecule is COc1cccc(-c2csc(NC(=O)c3nccnc3-c3ccc(F)cc3)n2)n1. The standard InChI is InChI=1S/C20H14FN5O2S/c1-28-16-4-2-3-14(24-16)15-11-29-20(25-15)26-19(27)18-17(22-9-10-23-18)12-5-7-13(21)8-6-12/h2-11H,1H3,(H,25,26,27). The number of carbonyl (C=O) groups excluding carboxylic acids is 1. The number of aromatic nitrogens is 4. The summed E-state index contributed by atoms with van der Waals surface area (Å²) in [4.78, 5) is 29.9. The molecule has 0 atom stereocenters. The van der Waals surface area contributed by atoms with Crippen LogP contribution in [0.2, 0.25) is 0 Å². The quantitative estimate of drug-likeness (QED) is 0.537. The third-order valence-electron chi connectivity index (χ3n) is 3.95.